The number of hydrogen-bond acceptors (Lipinski definition) is 5. The number of H-pyrrole nitrogens is 1. The number of para-hydroxylation sites is 3. The van der Waals surface area contributed by atoms with Gasteiger partial charge in [0.1, 0.15) is 6.61 Å². The number of benzene rings is 2. The fourth-order valence-corrected chi connectivity index (χ4v) is 2.57. The molecule has 8 heteroatoms. The molecule has 0 saturated heterocycles. The molecule has 0 bridgehead atoms. The molecule has 2 aromatic carbocycles. The third kappa shape index (κ3) is 2.85. The summed E-state index contributed by atoms with van der Waals surface area (Å²) in [4.78, 5) is 24.5. The van der Waals surface area contributed by atoms with Gasteiger partial charge in [0.05, 0.1) is 17.3 Å². The van der Waals surface area contributed by atoms with Gasteiger partial charge in [0.25, 0.3) is 11.8 Å². The molecular formula is C17H14N4O4. The summed E-state index contributed by atoms with van der Waals surface area (Å²) in [5, 5.41) is 7.47. The average molecular weight is 338 g/mol. The maximum Gasteiger partial charge on any atom is 0.283 e. The summed E-state index contributed by atoms with van der Waals surface area (Å²) < 4.78 is 11.1. The van der Waals surface area contributed by atoms with Gasteiger partial charge in [0.2, 0.25) is 6.10 Å². The topological polar surface area (TPSA) is 105 Å². The zero-order valence-electron chi connectivity index (χ0n) is 13.0. The van der Waals surface area contributed by atoms with E-state index in [1.54, 1.807) is 36.5 Å². The van der Waals surface area contributed by atoms with E-state index < -0.39 is 17.9 Å². The molecule has 0 fully saturated rings. The minimum absolute atomic E-state index is 0.0643. The molecule has 0 spiro atoms. The van der Waals surface area contributed by atoms with E-state index in [9.17, 15) is 9.59 Å². The Hall–Kier alpha value is -3.55. The maximum absolute atomic E-state index is 12.3. The Balaban J connectivity index is 1.41. The number of rotatable bonds is 2. The first-order chi connectivity index (χ1) is 12.2. The van der Waals surface area contributed by atoms with Gasteiger partial charge in [-0.15, -0.1) is 0 Å². The van der Waals surface area contributed by atoms with Crippen molar-refractivity contribution in [1.82, 2.24) is 21.0 Å². The van der Waals surface area contributed by atoms with Crippen molar-refractivity contribution in [2.45, 2.75) is 6.10 Å². The summed E-state index contributed by atoms with van der Waals surface area (Å²) in [5.41, 5.74) is 5.71. The number of amides is 2. The maximum atomic E-state index is 12.3. The predicted octanol–water partition coefficient (Wildman–Crippen LogP) is 1.16. The van der Waals surface area contributed by atoms with Crippen molar-refractivity contribution in [3.05, 3.63) is 54.2 Å². The number of carbonyl (C=O) groups is 2. The summed E-state index contributed by atoms with van der Waals surface area (Å²) >= 11 is 0. The lowest BCUT2D eigenvalue weighted by molar-refractivity contribution is -0.131. The van der Waals surface area contributed by atoms with Gasteiger partial charge in [0.15, 0.2) is 11.5 Å². The summed E-state index contributed by atoms with van der Waals surface area (Å²) in [5.74, 6) is 0.115. The monoisotopic (exact) mass is 338 g/mol. The van der Waals surface area contributed by atoms with Crippen LogP contribution in [0.2, 0.25) is 0 Å². The predicted molar refractivity (Wildman–Crippen MR) is 88.1 cm³/mol. The molecule has 0 unspecified atom stereocenters. The first kappa shape index (κ1) is 15.0. The van der Waals surface area contributed by atoms with Crippen LogP contribution in [0.15, 0.2) is 48.7 Å². The van der Waals surface area contributed by atoms with Crippen molar-refractivity contribution in [2.24, 2.45) is 0 Å². The molecule has 0 saturated carbocycles. The molecule has 4 rings (SSSR count). The lowest BCUT2D eigenvalue weighted by Crippen LogP contribution is -2.50. The average Bonchev–Trinajstić information content (AvgIpc) is 3.14. The van der Waals surface area contributed by atoms with Gasteiger partial charge in [-0.2, -0.15) is 5.10 Å². The number of aromatic amines is 1. The standard InChI is InChI=1S/C17H14N4O4/c22-16(11-5-3-4-10-8-18-19-15(10)11)20-21-17(23)14-9-24-12-6-1-2-7-13(12)25-14/h1-8,14H,9H2,(H,18,19)(H,20,22)(H,21,23)/t14-/m0/s1. The Labute approximate surface area is 142 Å². The van der Waals surface area contributed by atoms with Crippen molar-refractivity contribution >= 4 is 22.7 Å². The number of ether oxygens (including phenoxy) is 2. The number of hydrogen-bond donors (Lipinski definition) is 3. The molecule has 2 heterocycles. The van der Waals surface area contributed by atoms with E-state index in [4.69, 9.17) is 9.47 Å². The van der Waals surface area contributed by atoms with Gasteiger partial charge < -0.3 is 9.47 Å². The largest absolute Gasteiger partial charge is 0.485 e. The molecule has 8 nitrogen and oxygen atoms in total. The SMILES string of the molecule is O=C(NNC(=O)[C@@H]1COc2ccccc2O1)c1cccc2cn[nH]c12. The normalized spacial score (nSPS) is 15.6. The molecule has 1 aromatic heterocycles. The Morgan fingerprint density at radius 1 is 1.08 bits per heavy atom. The molecule has 126 valence electrons. The van der Waals surface area contributed by atoms with Crippen molar-refractivity contribution in [3.8, 4) is 11.5 Å². The van der Waals surface area contributed by atoms with E-state index in [1.807, 2.05) is 12.1 Å². The van der Waals surface area contributed by atoms with E-state index in [0.717, 1.165) is 5.39 Å². The molecule has 2 amide bonds. The number of fused-ring (bicyclic) bond motifs is 2. The zero-order chi connectivity index (χ0) is 17.2. The zero-order valence-corrected chi connectivity index (χ0v) is 13.0. The number of carbonyl (C=O) groups excluding carboxylic acids is 2. The summed E-state index contributed by atoms with van der Waals surface area (Å²) in [6.45, 7) is 0.0643. The number of nitrogens with zero attached hydrogens (tertiary/aromatic N) is 1. The van der Waals surface area contributed by atoms with Gasteiger partial charge in [-0.1, -0.05) is 24.3 Å². The van der Waals surface area contributed by atoms with E-state index in [-0.39, 0.29) is 6.61 Å². The first-order valence-corrected chi connectivity index (χ1v) is 7.63. The fourth-order valence-electron chi connectivity index (χ4n) is 2.57. The number of nitrogens with one attached hydrogen (secondary N) is 3. The van der Waals surface area contributed by atoms with Crippen LogP contribution in [0.1, 0.15) is 10.4 Å². The third-order valence-corrected chi connectivity index (χ3v) is 3.82. The van der Waals surface area contributed by atoms with Crippen LogP contribution in [0.3, 0.4) is 0 Å². The van der Waals surface area contributed by atoms with Crippen LogP contribution in [-0.2, 0) is 4.79 Å². The highest BCUT2D eigenvalue weighted by Crippen LogP contribution is 2.30. The lowest BCUT2D eigenvalue weighted by atomic mass is 10.1. The number of hydrazine groups is 1. The van der Waals surface area contributed by atoms with Gasteiger partial charge in [-0.05, 0) is 18.2 Å². The van der Waals surface area contributed by atoms with E-state index in [2.05, 4.69) is 21.0 Å². The second-order valence-electron chi connectivity index (χ2n) is 5.45. The third-order valence-electron chi connectivity index (χ3n) is 3.82. The van der Waals surface area contributed by atoms with Crippen LogP contribution in [0.25, 0.3) is 10.9 Å². The minimum atomic E-state index is -0.849. The van der Waals surface area contributed by atoms with Crippen LogP contribution < -0.4 is 20.3 Å². The Morgan fingerprint density at radius 2 is 1.92 bits per heavy atom. The summed E-state index contributed by atoms with van der Waals surface area (Å²) in [6, 6.07) is 12.3. The Kier molecular flexibility index (Phi) is 3.70. The summed E-state index contributed by atoms with van der Waals surface area (Å²) in [7, 11) is 0. The highest BCUT2D eigenvalue weighted by molar-refractivity contribution is 6.05. The smallest absolute Gasteiger partial charge is 0.283 e. The van der Waals surface area contributed by atoms with Crippen molar-refractivity contribution in [3.63, 3.8) is 0 Å². The van der Waals surface area contributed by atoms with Crippen molar-refractivity contribution in [1.29, 1.82) is 0 Å². The van der Waals surface area contributed by atoms with E-state index in [1.165, 1.54) is 0 Å². The molecule has 25 heavy (non-hydrogen) atoms. The van der Waals surface area contributed by atoms with Gasteiger partial charge in [0, 0.05) is 5.39 Å². The molecule has 3 aromatic rings. The van der Waals surface area contributed by atoms with Crippen LogP contribution in [-0.4, -0.2) is 34.7 Å². The van der Waals surface area contributed by atoms with E-state index in [0.29, 0.717) is 22.6 Å². The van der Waals surface area contributed by atoms with Gasteiger partial charge in [-0.3, -0.25) is 25.5 Å². The molecule has 1 atom stereocenters. The second-order valence-corrected chi connectivity index (χ2v) is 5.45. The van der Waals surface area contributed by atoms with Crippen LogP contribution >= 0.6 is 0 Å². The highest BCUT2D eigenvalue weighted by atomic mass is 16.6. The Morgan fingerprint density at radius 3 is 2.80 bits per heavy atom. The van der Waals surface area contributed by atoms with Gasteiger partial charge in [-0.25, -0.2) is 0 Å². The fraction of sp³-hybridized carbons (Fsp3) is 0.118. The molecule has 1 aliphatic rings. The highest BCUT2D eigenvalue weighted by Gasteiger charge is 2.27. The van der Waals surface area contributed by atoms with Crippen molar-refractivity contribution in [2.75, 3.05) is 6.61 Å². The summed E-state index contributed by atoms with van der Waals surface area (Å²) in [6.07, 6.45) is 0.771. The van der Waals surface area contributed by atoms with Gasteiger partial charge >= 0.3 is 0 Å². The minimum Gasteiger partial charge on any atom is -0.485 e. The molecule has 1 aliphatic heterocycles. The van der Waals surface area contributed by atoms with Crippen LogP contribution in [0.5, 0.6) is 11.5 Å². The van der Waals surface area contributed by atoms with Crippen LogP contribution in [0, 0.1) is 0 Å². The molecule has 0 radical (unpaired) electrons. The van der Waals surface area contributed by atoms with Crippen LogP contribution in [0.4, 0.5) is 0 Å². The Bertz CT molecular complexity index is 952. The molecule has 3 N–H and O–H groups in total. The quantitative estimate of drug-likeness (QED) is 0.608. The second kappa shape index (κ2) is 6.16. The lowest BCUT2D eigenvalue weighted by Gasteiger charge is -2.25. The van der Waals surface area contributed by atoms with Crippen molar-refractivity contribution < 1.29 is 19.1 Å². The molecule has 0 aliphatic carbocycles. The van der Waals surface area contributed by atoms with E-state index >= 15 is 0 Å². The molecular weight excluding hydrogens is 324 g/mol. The number of aromatic nitrogens is 2. The first-order valence-electron chi connectivity index (χ1n) is 7.63.